The summed E-state index contributed by atoms with van der Waals surface area (Å²) in [5.41, 5.74) is 0. The van der Waals surface area contributed by atoms with Crippen LogP contribution in [0.1, 0.15) is 32.1 Å². The molecule has 1 aliphatic carbocycles. The predicted molar refractivity (Wildman–Crippen MR) is 64.3 cm³/mol. The van der Waals surface area contributed by atoms with Crippen LogP contribution in [0, 0.1) is 5.92 Å². The Bertz CT molecular complexity index is 291. The molecule has 0 aromatic carbocycles. The molecule has 0 amide bonds. The van der Waals surface area contributed by atoms with Gasteiger partial charge in [-0.1, -0.05) is 24.6 Å². The van der Waals surface area contributed by atoms with Crippen LogP contribution in [-0.2, 0) is 0 Å². The summed E-state index contributed by atoms with van der Waals surface area (Å²) in [4.78, 5) is 4.01. The quantitative estimate of drug-likeness (QED) is 0.830. The molecule has 6 heteroatoms. The van der Waals surface area contributed by atoms with Gasteiger partial charge in [0.2, 0.25) is 0 Å². The molecule has 1 saturated heterocycles. The van der Waals surface area contributed by atoms with Crippen molar-refractivity contribution in [2.75, 3.05) is 12.3 Å². The molecule has 2 fully saturated rings. The zero-order chi connectivity index (χ0) is 12.3. The van der Waals surface area contributed by atoms with Gasteiger partial charge in [0.15, 0.2) is 5.17 Å². The maximum absolute atomic E-state index is 12.0. The van der Waals surface area contributed by atoms with E-state index in [4.69, 9.17) is 0 Å². The summed E-state index contributed by atoms with van der Waals surface area (Å²) in [7, 11) is 0. The Morgan fingerprint density at radius 2 is 2.06 bits per heavy atom. The summed E-state index contributed by atoms with van der Waals surface area (Å²) >= 11 is 1.57. The van der Waals surface area contributed by atoms with Crippen molar-refractivity contribution in [1.29, 1.82) is 0 Å². The maximum atomic E-state index is 12.0. The zero-order valence-corrected chi connectivity index (χ0v) is 10.4. The SMILES string of the molecule is FC(F)(F)CCN=C1NC2CCCCC2CS1. The second-order valence-corrected chi connectivity index (χ2v) is 5.67. The molecule has 0 aromatic rings. The standard InChI is InChI=1S/C11H17F3N2S/c12-11(13,14)5-6-15-10-16-9-4-2-1-3-8(9)7-17-10/h8-9H,1-7H2,(H,15,16). The first-order valence-corrected chi connectivity index (χ1v) is 7.04. The van der Waals surface area contributed by atoms with Crippen LogP contribution in [0.15, 0.2) is 4.99 Å². The monoisotopic (exact) mass is 266 g/mol. The van der Waals surface area contributed by atoms with Crippen molar-refractivity contribution in [3.05, 3.63) is 0 Å². The molecule has 1 heterocycles. The van der Waals surface area contributed by atoms with Gasteiger partial charge < -0.3 is 5.32 Å². The number of fused-ring (bicyclic) bond motifs is 1. The minimum atomic E-state index is -4.10. The molecule has 0 bridgehead atoms. The number of aliphatic imine (C=N–C) groups is 1. The van der Waals surface area contributed by atoms with Crippen LogP contribution in [0.5, 0.6) is 0 Å². The summed E-state index contributed by atoms with van der Waals surface area (Å²) in [6.45, 7) is -0.157. The normalized spacial score (nSPS) is 32.1. The van der Waals surface area contributed by atoms with Crippen LogP contribution in [-0.4, -0.2) is 29.7 Å². The van der Waals surface area contributed by atoms with Gasteiger partial charge in [0.25, 0.3) is 0 Å². The second kappa shape index (κ2) is 5.50. The number of hydrogen-bond acceptors (Lipinski definition) is 2. The van der Waals surface area contributed by atoms with E-state index in [1.54, 1.807) is 11.8 Å². The lowest BCUT2D eigenvalue weighted by atomic mass is 9.86. The summed E-state index contributed by atoms with van der Waals surface area (Å²) < 4.78 is 35.9. The second-order valence-electron chi connectivity index (χ2n) is 4.66. The molecular formula is C11H17F3N2S. The number of thioether (sulfide) groups is 1. The molecule has 2 unspecified atom stereocenters. The Hall–Kier alpha value is -0.390. The first-order chi connectivity index (χ1) is 8.04. The van der Waals surface area contributed by atoms with Crippen molar-refractivity contribution < 1.29 is 13.2 Å². The summed E-state index contributed by atoms with van der Waals surface area (Å²) in [5, 5.41) is 3.99. The molecule has 1 N–H and O–H groups in total. The van der Waals surface area contributed by atoms with E-state index in [0.29, 0.717) is 17.1 Å². The van der Waals surface area contributed by atoms with Gasteiger partial charge in [-0.2, -0.15) is 13.2 Å². The first-order valence-electron chi connectivity index (χ1n) is 6.05. The highest BCUT2D eigenvalue weighted by molar-refractivity contribution is 8.13. The van der Waals surface area contributed by atoms with Crippen molar-refractivity contribution >= 4 is 16.9 Å². The number of halogens is 3. The van der Waals surface area contributed by atoms with Gasteiger partial charge in [0, 0.05) is 11.8 Å². The van der Waals surface area contributed by atoms with Gasteiger partial charge in [0.05, 0.1) is 13.0 Å². The molecule has 0 spiro atoms. The number of nitrogens with zero attached hydrogens (tertiary/aromatic N) is 1. The predicted octanol–water partition coefficient (Wildman–Crippen LogP) is 3.19. The number of rotatable bonds is 2. The van der Waals surface area contributed by atoms with Crippen molar-refractivity contribution in [2.45, 2.75) is 44.3 Å². The Kier molecular flexibility index (Phi) is 4.22. The molecule has 2 atom stereocenters. The molecule has 2 aliphatic rings. The minimum absolute atomic E-state index is 0.157. The number of alkyl halides is 3. The number of nitrogens with one attached hydrogen (secondary N) is 1. The Morgan fingerprint density at radius 1 is 1.29 bits per heavy atom. The van der Waals surface area contributed by atoms with Crippen molar-refractivity contribution in [1.82, 2.24) is 5.32 Å². The van der Waals surface area contributed by atoms with E-state index in [2.05, 4.69) is 10.3 Å². The summed E-state index contributed by atoms with van der Waals surface area (Å²) in [5.74, 6) is 1.68. The Balaban J connectivity index is 1.81. The molecule has 2 rings (SSSR count). The Labute approximate surface area is 103 Å². The molecule has 98 valence electrons. The van der Waals surface area contributed by atoms with E-state index in [1.807, 2.05) is 0 Å². The third-order valence-corrected chi connectivity index (χ3v) is 4.42. The van der Waals surface area contributed by atoms with Crippen LogP contribution in [0.4, 0.5) is 13.2 Å². The van der Waals surface area contributed by atoms with E-state index >= 15 is 0 Å². The molecule has 0 radical (unpaired) electrons. The fraction of sp³-hybridized carbons (Fsp3) is 0.909. The molecule has 0 aromatic heterocycles. The maximum Gasteiger partial charge on any atom is 0.390 e. The highest BCUT2D eigenvalue weighted by Gasteiger charge is 2.30. The zero-order valence-electron chi connectivity index (χ0n) is 9.59. The minimum Gasteiger partial charge on any atom is -0.362 e. The highest BCUT2D eigenvalue weighted by atomic mass is 32.2. The van der Waals surface area contributed by atoms with Crippen molar-refractivity contribution in [2.24, 2.45) is 10.9 Å². The molecular weight excluding hydrogens is 249 g/mol. The topological polar surface area (TPSA) is 24.4 Å². The number of amidine groups is 1. The highest BCUT2D eigenvalue weighted by Crippen LogP contribution is 2.31. The van der Waals surface area contributed by atoms with Crippen molar-refractivity contribution in [3.63, 3.8) is 0 Å². The van der Waals surface area contributed by atoms with Gasteiger partial charge >= 0.3 is 6.18 Å². The number of hydrogen-bond donors (Lipinski definition) is 1. The van der Waals surface area contributed by atoms with Gasteiger partial charge in [-0.05, 0) is 18.8 Å². The Morgan fingerprint density at radius 3 is 2.82 bits per heavy atom. The van der Waals surface area contributed by atoms with E-state index in [1.165, 1.54) is 19.3 Å². The third-order valence-electron chi connectivity index (χ3n) is 3.30. The van der Waals surface area contributed by atoms with Gasteiger partial charge in [-0.3, -0.25) is 4.99 Å². The van der Waals surface area contributed by atoms with E-state index < -0.39 is 12.6 Å². The molecule has 17 heavy (non-hydrogen) atoms. The molecule has 1 aliphatic heterocycles. The van der Waals surface area contributed by atoms with E-state index in [-0.39, 0.29) is 6.54 Å². The van der Waals surface area contributed by atoms with Crippen LogP contribution < -0.4 is 5.32 Å². The fourth-order valence-electron chi connectivity index (χ4n) is 2.36. The van der Waals surface area contributed by atoms with E-state index in [9.17, 15) is 13.2 Å². The first kappa shape index (κ1) is 13.1. The summed E-state index contributed by atoms with van der Waals surface area (Å²) in [6, 6.07) is 0.439. The molecule has 2 nitrogen and oxygen atoms in total. The van der Waals surface area contributed by atoms with Crippen LogP contribution in [0.3, 0.4) is 0 Å². The van der Waals surface area contributed by atoms with Gasteiger partial charge in [-0.25, -0.2) is 0 Å². The van der Waals surface area contributed by atoms with E-state index in [0.717, 1.165) is 12.2 Å². The van der Waals surface area contributed by atoms with Crippen molar-refractivity contribution in [3.8, 4) is 0 Å². The lowest BCUT2D eigenvalue weighted by molar-refractivity contribution is -0.132. The smallest absolute Gasteiger partial charge is 0.362 e. The average Bonchev–Trinajstić information content (AvgIpc) is 2.27. The van der Waals surface area contributed by atoms with Gasteiger partial charge in [0.1, 0.15) is 0 Å². The lowest BCUT2D eigenvalue weighted by Gasteiger charge is -2.36. The summed E-state index contributed by atoms with van der Waals surface area (Å²) in [6.07, 6.45) is -0.0633. The largest absolute Gasteiger partial charge is 0.390 e. The van der Waals surface area contributed by atoms with Crippen LogP contribution >= 0.6 is 11.8 Å². The van der Waals surface area contributed by atoms with Crippen LogP contribution in [0.2, 0.25) is 0 Å². The average molecular weight is 266 g/mol. The molecule has 1 saturated carbocycles. The fourth-order valence-corrected chi connectivity index (χ4v) is 3.55. The van der Waals surface area contributed by atoms with Crippen LogP contribution in [0.25, 0.3) is 0 Å². The van der Waals surface area contributed by atoms with Gasteiger partial charge in [-0.15, -0.1) is 0 Å². The lowest BCUT2D eigenvalue weighted by Crippen LogP contribution is -2.46. The third kappa shape index (κ3) is 4.08.